The maximum Gasteiger partial charge on any atom is 0.261 e. The van der Waals surface area contributed by atoms with Gasteiger partial charge in [0.1, 0.15) is 23.9 Å². The van der Waals surface area contributed by atoms with Crippen LogP contribution in [0, 0.1) is 6.92 Å². The number of aromatic nitrogens is 3. The standard InChI is InChI=1S/C35H35N3O5S/c1-22-20-38(30-27(22)31(39)37-33(36-30)44-4)32-29-28(42-34(2,3)43-29)26(41-32)21-40-35(23-14-8-5-9-15-23,24-16-10-6-11-17-24)25-18-12-7-13-19-25/h5-20,26,28-29,32H,21H2,1-4H3,(H,36,37,39)/t26-,28?,29?,32?/m1/s1. The van der Waals surface area contributed by atoms with Crippen molar-refractivity contribution in [2.24, 2.45) is 0 Å². The lowest BCUT2D eigenvalue weighted by Crippen LogP contribution is -2.39. The highest BCUT2D eigenvalue weighted by molar-refractivity contribution is 7.98. The first-order chi connectivity index (χ1) is 21.3. The summed E-state index contributed by atoms with van der Waals surface area (Å²) in [4.78, 5) is 20.6. The van der Waals surface area contributed by atoms with Gasteiger partial charge in [-0.2, -0.15) is 0 Å². The van der Waals surface area contributed by atoms with E-state index < -0.39 is 35.9 Å². The van der Waals surface area contributed by atoms with E-state index in [2.05, 4.69) is 41.4 Å². The summed E-state index contributed by atoms with van der Waals surface area (Å²) >= 11 is 1.39. The third kappa shape index (κ3) is 4.89. The molecule has 3 unspecified atom stereocenters. The molecule has 2 aromatic heterocycles. The summed E-state index contributed by atoms with van der Waals surface area (Å²) in [5, 5.41) is 1.08. The Morgan fingerprint density at radius 2 is 1.45 bits per heavy atom. The number of nitrogens with zero attached hydrogens (tertiary/aromatic N) is 2. The fourth-order valence-electron chi connectivity index (χ4n) is 6.60. The summed E-state index contributed by atoms with van der Waals surface area (Å²) in [7, 11) is 0. The summed E-state index contributed by atoms with van der Waals surface area (Å²) < 4.78 is 28.8. The lowest BCUT2D eigenvalue weighted by molar-refractivity contribution is -0.204. The van der Waals surface area contributed by atoms with Gasteiger partial charge in [-0.15, -0.1) is 0 Å². The number of hydrogen-bond acceptors (Lipinski definition) is 7. The van der Waals surface area contributed by atoms with Gasteiger partial charge in [0.2, 0.25) is 0 Å². The van der Waals surface area contributed by atoms with Crippen molar-refractivity contribution in [1.82, 2.24) is 14.5 Å². The number of aromatic amines is 1. The number of fused-ring (bicyclic) bond motifs is 2. The van der Waals surface area contributed by atoms with E-state index in [9.17, 15) is 4.79 Å². The van der Waals surface area contributed by atoms with Crippen molar-refractivity contribution in [1.29, 1.82) is 0 Å². The number of benzene rings is 3. The Morgan fingerprint density at radius 1 is 0.909 bits per heavy atom. The quantitative estimate of drug-likeness (QED) is 0.128. The molecule has 0 spiro atoms. The molecule has 4 heterocycles. The lowest BCUT2D eigenvalue weighted by atomic mass is 9.80. The number of aryl methyl sites for hydroxylation is 1. The minimum absolute atomic E-state index is 0.174. The minimum Gasteiger partial charge on any atom is -0.358 e. The van der Waals surface area contributed by atoms with Crippen molar-refractivity contribution >= 4 is 22.8 Å². The van der Waals surface area contributed by atoms with Crippen LogP contribution in [0.5, 0.6) is 0 Å². The van der Waals surface area contributed by atoms with E-state index in [4.69, 9.17) is 23.9 Å². The first-order valence-electron chi connectivity index (χ1n) is 14.8. The molecule has 7 rings (SSSR count). The largest absolute Gasteiger partial charge is 0.358 e. The molecule has 4 atom stereocenters. The zero-order chi connectivity index (χ0) is 30.5. The van der Waals surface area contributed by atoms with E-state index >= 15 is 0 Å². The van der Waals surface area contributed by atoms with Crippen molar-refractivity contribution in [2.75, 3.05) is 12.9 Å². The molecule has 8 nitrogen and oxygen atoms in total. The van der Waals surface area contributed by atoms with E-state index in [1.54, 1.807) is 0 Å². The van der Waals surface area contributed by atoms with Gasteiger partial charge in [0, 0.05) is 6.20 Å². The SMILES string of the molecule is CSc1nc2c(c(C)cn2C2O[C@H](COC(c3ccccc3)(c3ccccc3)c3ccccc3)C3OC(C)(C)OC32)c(=O)[nH]1. The van der Waals surface area contributed by atoms with Crippen LogP contribution < -0.4 is 5.56 Å². The second-order valence-electron chi connectivity index (χ2n) is 11.7. The Bertz CT molecular complexity index is 1730. The predicted molar refractivity (Wildman–Crippen MR) is 170 cm³/mol. The molecular weight excluding hydrogens is 574 g/mol. The Hall–Kier alpha value is -3.73. The van der Waals surface area contributed by atoms with Crippen LogP contribution in [0.4, 0.5) is 0 Å². The van der Waals surface area contributed by atoms with Gasteiger partial charge in [-0.25, -0.2) is 4.98 Å². The molecular formula is C35H35N3O5S. The van der Waals surface area contributed by atoms with Gasteiger partial charge in [-0.1, -0.05) is 103 Å². The predicted octanol–water partition coefficient (Wildman–Crippen LogP) is 6.18. The fourth-order valence-corrected chi connectivity index (χ4v) is 6.97. The average Bonchev–Trinajstić information content (AvgIpc) is 3.66. The van der Waals surface area contributed by atoms with Crippen LogP contribution in [0.1, 0.15) is 42.3 Å². The molecule has 2 fully saturated rings. The maximum atomic E-state index is 13.0. The molecule has 226 valence electrons. The van der Waals surface area contributed by atoms with E-state index in [0.29, 0.717) is 16.2 Å². The molecule has 0 aliphatic carbocycles. The normalized spacial score (nSPS) is 22.8. The van der Waals surface area contributed by atoms with Crippen molar-refractivity contribution < 1.29 is 18.9 Å². The number of rotatable bonds is 8. The number of thioether (sulfide) groups is 1. The number of ether oxygens (including phenoxy) is 4. The highest BCUT2D eigenvalue weighted by atomic mass is 32.2. The van der Waals surface area contributed by atoms with Crippen LogP contribution in [0.2, 0.25) is 0 Å². The average molecular weight is 610 g/mol. The summed E-state index contributed by atoms with van der Waals surface area (Å²) in [6, 6.07) is 30.8. The Kier molecular flexibility index (Phi) is 7.46. The van der Waals surface area contributed by atoms with Gasteiger partial charge in [-0.3, -0.25) is 4.79 Å². The van der Waals surface area contributed by atoms with Crippen LogP contribution in [0.15, 0.2) is 107 Å². The van der Waals surface area contributed by atoms with Crippen LogP contribution >= 0.6 is 11.8 Å². The minimum atomic E-state index is -0.908. The number of H-pyrrole nitrogens is 1. The summed E-state index contributed by atoms with van der Waals surface area (Å²) in [5.74, 6) is -0.821. The smallest absolute Gasteiger partial charge is 0.261 e. The zero-order valence-electron chi connectivity index (χ0n) is 25.1. The first-order valence-corrected chi connectivity index (χ1v) is 16.0. The summed E-state index contributed by atoms with van der Waals surface area (Å²) in [6.07, 6.45) is 1.91. The molecule has 2 aliphatic rings. The monoisotopic (exact) mass is 609 g/mol. The third-order valence-corrected chi connectivity index (χ3v) is 9.03. The first kappa shape index (κ1) is 29.0. The molecule has 3 aromatic carbocycles. The van der Waals surface area contributed by atoms with Crippen LogP contribution in [0.25, 0.3) is 11.0 Å². The highest BCUT2D eigenvalue weighted by Gasteiger charge is 2.57. The fraction of sp³-hybridized carbons (Fsp3) is 0.314. The van der Waals surface area contributed by atoms with E-state index in [0.717, 1.165) is 22.3 Å². The van der Waals surface area contributed by atoms with Gasteiger partial charge < -0.3 is 28.5 Å². The summed E-state index contributed by atoms with van der Waals surface area (Å²) in [6.45, 7) is 5.95. The highest BCUT2D eigenvalue weighted by Crippen LogP contribution is 2.46. The molecule has 0 radical (unpaired) electrons. The Morgan fingerprint density at radius 3 is 2.00 bits per heavy atom. The van der Waals surface area contributed by atoms with E-state index in [1.165, 1.54) is 11.8 Å². The summed E-state index contributed by atoms with van der Waals surface area (Å²) in [5.41, 5.74) is 3.31. The third-order valence-electron chi connectivity index (χ3n) is 8.45. The molecule has 0 amide bonds. The second-order valence-corrected chi connectivity index (χ2v) is 12.5. The zero-order valence-corrected chi connectivity index (χ0v) is 25.9. The van der Waals surface area contributed by atoms with E-state index in [1.807, 2.05) is 92.4 Å². The Balaban J connectivity index is 1.30. The molecule has 9 heteroatoms. The maximum absolute atomic E-state index is 13.0. The molecule has 44 heavy (non-hydrogen) atoms. The molecule has 2 saturated heterocycles. The number of hydrogen-bond donors (Lipinski definition) is 1. The lowest BCUT2D eigenvalue weighted by Gasteiger charge is -2.37. The Labute approximate surface area is 260 Å². The molecule has 2 aliphatic heterocycles. The van der Waals surface area contributed by atoms with Gasteiger partial charge in [-0.05, 0) is 49.3 Å². The van der Waals surface area contributed by atoms with E-state index in [-0.39, 0.29) is 12.2 Å². The topological polar surface area (TPSA) is 87.6 Å². The van der Waals surface area contributed by atoms with Crippen LogP contribution in [0.3, 0.4) is 0 Å². The van der Waals surface area contributed by atoms with Gasteiger partial charge >= 0.3 is 0 Å². The molecule has 0 saturated carbocycles. The molecule has 1 N–H and O–H groups in total. The van der Waals surface area contributed by atoms with Gasteiger partial charge in [0.15, 0.2) is 22.8 Å². The van der Waals surface area contributed by atoms with Crippen molar-refractivity contribution in [3.63, 3.8) is 0 Å². The number of nitrogens with one attached hydrogen (secondary N) is 1. The van der Waals surface area contributed by atoms with Gasteiger partial charge in [0.25, 0.3) is 5.56 Å². The van der Waals surface area contributed by atoms with Crippen molar-refractivity contribution in [3.05, 3.63) is 130 Å². The van der Waals surface area contributed by atoms with Crippen molar-refractivity contribution in [2.45, 2.75) is 61.9 Å². The second kappa shape index (κ2) is 11.3. The molecule has 5 aromatic rings. The molecule has 0 bridgehead atoms. The van der Waals surface area contributed by atoms with Crippen molar-refractivity contribution in [3.8, 4) is 0 Å². The van der Waals surface area contributed by atoms with Crippen LogP contribution in [-0.4, -0.2) is 51.5 Å². The van der Waals surface area contributed by atoms with Crippen LogP contribution in [-0.2, 0) is 24.5 Å². The van der Waals surface area contributed by atoms with Gasteiger partial charge in [0.05, 0.1) is 12.0 Å².